The predicted octanol–water partition coefficient (Wildman–Crippen LogP) is 3.87. The van der Waals surface area contributed by atoms with Crippen molar-refractivity contribution >= 4 is 41.3 Å². The molecule has 3 nitrogen and oxygen atoms in total. The first-order valence-corrected chi connectivity index (χ1v) is 7.61. The number of carbonyl (C=O) groups excluding carboxylic acids is 1. The lowest BCUT2D eigenvalue weighted by Gasteiger charge is -2.17. The van der Waals surface area contributed by atoms with Gasteiger partial charge in [0.2, 0.25) is 0 Å². The standard InChI is InChI=1S/C15H16ClNO2S.ClH/c1-19-15(18)14(12-4-2-3-5-13(12)16)17-8-6-11-7-9-20-10-11;/h2-5,7,9-10,14,17H,6,8H2,1H3;1H. The highest BCUT2D eigenvalue weighted by Gasteiger charge is 2.22. The van der Waals surface area contributed by atoms with Crippen molar-refractivity contribution in [1.82, 2.24) is 5.32 Å². The molecule has 0 bridgehead atoms. The van der Waals surface area contributed by atoms with E-state index in [0.717, 1.165) is 12.0 Å². The van der Waals surface area contributed by atoms with Gasteiger partial charge in [-0.05, 0) is 40.4 Å². The van der Waals surface area contributed by atoms with E-state index in [0.29, 0.717) is 11.6 Å². The number of esters is 1. The smallest absolute Gasteiger partial charge is 0.327 e. The second-order valence-electron chi connectivity index (χ2n) is 4.31. The number of hydrogen-bond donors (Lipinski definition) is 1. The highest BCUT2D eigenvalue weighted by Crippen LogP contribution is 2.23. The highest BCUT2D eigenvalue weighted by atomic mass is 35.5. The van der Waals surface area contributed by atoms with E-state index in [1.807, 2.05) is 23.6 Å². The third kappa shape index (κ3) is 5.00. The fraction of sp³-hybridized carbons (Fsp3) is 0.267. The monoisotopic (exact) mass is 345 g/mol. The molecule has 1 heterocycles. The maximum Gasteiger partial charge on any atom is 0.327 e. The highest BCUT2D eigenvalue weighted by molar-refractivity contribution is 7.07. The number of thiophene rings is 1. The molecule has 2 aromatic rings. The molecule has 0 aliphatic carbocycles. The lowest BCUT2D eigenvalue weighted by molar-refractivity contribution is -0.143. The quantitative estimate of drug-likeness (QED) is 0.807. The third-order valence-corrected chi connectivity index (χ3v) is 4.07. The average Bonchev–Trinajstić information content (AvgIpc) is 2.97. The fourth-order valence-electron chi connectivity index (χ4n) is 1.94. The van der Waals surface area contributed by atoms with Gasteiger partial charge >= 0.3 is 5.97 Å². The SMILES string of the molecule is COC(=O)C(NCCc1ccsc1)c1ccccc1Cl.Cl. The second-order valence-corrected chi connectivity index (χ2v) is 5.50. The van der Waals surface area contributed by atoms with Crippen LogP contribution in [0.15, 0.2) is 41.1 Å². The van der Waals surface area contributed by atoms with Crippen LogP contribution in [0.25, 0.3) is 0 Å². The van der Waals surface area contributed by atoms with Crippen LogP contribution in [0.2, 0.25) is 5.02 Å². The van der Waals surface area contributed by atoms with Crippen molar-refractivity contribution in [3.63, 3.8) is 0 Å². The second kappa shape index (κ2) is 9.05. The fourth-order valence-corrected chi connectivity index (χ4v) is 2.89. The number of hydrogen-bond acceptors (Lipinski definition) is 4. The molecule has 0 amide bonds. The van der Waals surface area contributed by atoms with Gasteiger partial charge in [0.25, 0.3) is 0 Å². The summed E-state index contributed by atoms with van der Waals surface area (Å²) in [6.07, 6.45) is 0.863. The summed E-state index contributed by atoms with van der Waals surface area (Å²) in [6.45, 7) is 0.682. The summed E-state index contributed by atoms with van der Waals surface area (Å²) in [5.74, 6) is -0.330. The first-order chi connectivity index (χ1) is 9.72. The summed E-state index contributed by atoms with van der Waals surface area (Å²) < 4.78 is 4.85. The molecule has 1 N–H and O–H groups in total. The molecule has 0 aliphatic heterocycles. The number of halogens is 2. The van der Waals surface area contributed by atoms with E-state index in [9.17, 15) is 4.79 Å². The van der Waals surface area contributed by atoms with Crippen molar-refractivity contribution in [3.05, 3.63) is 57.2 Å². The molecule has 1 unspecified atom stereocenters. The molecule has 0 radical (unpaired) electrons. The van der Waals surface area contributed by atoms with E-state index in [-0.39, 0.29) is 18.4 Å². The van der Waals surface area contributed by atoms with Gasteiger partial charge in [0.05, 0.1) is 7.11 Å². The lowest BCUT2D eigenvalue weighted by atomic mass is 10.1. The Bertz CT molecular complexity index is 561. The minimum Gasteiger partial charge on any atom is -0.468 e. The molecular formula is C15H17Cl2NO2S. The van der Waals surface area contributed by atoms with E-state index in [4.69, 9.17) is 16.3 Å². The van der Waals surface area contributed by atoms with Gasteiger partial charge in [-0.25, -0.2) is 4.79 Å². The summed E-state index contributed by atoms with van der Waals surface area (Å²) in [5.41, 5.74) is 2.00. The van der Waals surface area contributed by atoms with Crippen molar-refractivity contribution in [2.75, 3.05) is 13.7 Å². The van der Waals surface area contributed by atoms with Crippen molar-refractivity contribution < 1.29 is 9.53 Å². The number of rotatable bonds is 6. The molecule has 6 heteroatoms. The molecule has 0 saturated heterocycles. The maximum absolute atomic E-state index is 11.9. The predicted molar refractivity (Wildman–Crippen MR) is 89.5 cm³/mol. The van der Waals surface area contributed by atoms with Gasteiger partial charge in [-0.15, -0.1) is 12.4 Å². The van der Waals surface area contributed by atoms with Crippen molar-refractivity contribution in [1.29, 1.82) is 0 Å². The Morgan fingerprint density at radius 3 is 2.76 bits per heavy atom. The Kier molecular flexibility index (Phi) is 7.75. The van der Waals surface area contributed by atoms with E-state index in [1.54, 1.807) is 17.4 Å². The van der Waals surface area contributed by atoms with Crippen LogP contribution in [-0.4, -0.2) is 19.6 Å². The van der Waals surface area contributed by atoms with Crippen LogP contribution in [-0.2, 0) is 16.0 Å². The minimum atomic E-state index is -0.535. The lowest BCUT2D eigenvalue weighted by Crippen LogP contribution is -2.31. The van der Waals surface area contributed by atoms with E-state index >= 15 is 0 Å². The van der Waals surface area contributed by atoms with E-state index in [2.05, 4.69) is 16.8 Å². The molecule has 21 heavy (non-hydrogen) atoms. The van der Waals surface area contributed by atoms with E-state index < -0.39 is 6.04 Å². The van der Waals surface area contributed by atoms with Crippen LogP contribution < -0.4 is 5.32 Å². The van der Waals surface area contributed by atoms with Crippen LogP contribution in [0.4, 0.5) is 0 Å². The van der Waals surface area contributed by atoms with Crippen molar-refractivity contribution in [3.8, 4) is 0 Å². The Morgan fingerprint density at radius 2 is 2.14 bits per heavy atom. The van der Waals surface area contributed by atoms with Crippen LogP contribution >= 0.6 is 35.3 Å². The largest absolute Gasteiger partial charge is 0.468 e. The number of carbonyl (C=O) groups is 1. The number of methoxy groups -OCH3 is 1. The molecule has 2 rings (SSSR count). The third-order valence-electron chi connectivity index (χ3n) is 3.00. The first-order valence-electron chi connectivity index (χ1n) is 6.29. The van der Waals surface area contributed by atoms with Crippen LogP contribution in [0.1, 0.15) is 17.2 Å². The summed E-state index contributed by atoms with van der Waals surface area (Å²) in [7, 11) is 1.38. The maximum atomic E-state index is 11.9. The van der Waals surface area contributed by atoms with Gasteiger partial charge in [-0.3, -0.25) is 0 Å². The molecule has 0 aliphatic rings. The average molecular weight is 346 g/mol. The van der Waals surface area contributed by atoms with Gasteiger partial charge in [0.15, 0.2) is 0 Å². The Morgan fingerprint density at radius 1 is 1.38 bits per heavy atom. The Balaban J connectivity index is 0.00000220. The Labute approximate surface area is 139 Å². The molecule has 0 spiro atoms. The summed E-state index contributed by atoms with van der Waals surface area (Å²) in [4.78, 5) is 11.9. The molecular weight excluding hydrogens is 329 g/mol. The Hall–Kier alpha value is -1.07. The van der Waals surface area contributed by atoms with Crippen molar-refractivity contribution in [2.24, 2.45) is 0 Å². The van der Waals surface area contributed by atoms with Crippen LogP contribution in [0, 0.1) is 0 Å². The molecule has 1 aromatic heterocycles. The van der Waals surface area contributed by atoms with E-state index in [1.165, 1.54) is 12.7 Å². The zero-order valence-corrected chi connectivity index (χ0v) is 13.9. The molecule has 114 valence electrons. The van der Waals surface area contributed by atoms with Gasteiger partial charge in [0.1, 0.15) is 6.04 Å². The zero-order valence-electron chi connectivity index (χ0n) is 11.5. The van der Waals surface area contributed by atoms with Gasteiger partial charge in [-0.2, -0.15) is 11.3 Å². The van der Waals surface area contributed by atoms with Crippen molar-refractivity contribution in [2.45, 2.75) is 12.5 Å². The number of ether oxygens (including phenoxy) is 1. The van der Waals surface area contributed by atoms with Crippen LogP contribution in [0.3, 0.4) is 0 Å². The normalized spacial score (nSPS) is 11.5. The number of benzene rings is 1. The summed E-state index contributed by atoms with van der Waals surface area (Å²) >= 11 is 7.82. The molecule has 0 fully saturated rings. The zero-order chi connectivity index (χ0) is 14.4. The van der Waals surface area contributed by atoms with Gasteiger partial charge in [-0.1, -0.05) is 29.8 Å². The van der Waals surface area contributed by atoms with Gasteiger partial charge in [0, 0.05) is 11.6 Å². The molecule has 1 aromatic carbocycles. The summed E-state index contributed by atoms with van der Waals surface area (Å²) in [6, 6.07) is 8.85. The first kappa shape index (κ1) is 18.0. The molecule has 1 atom stereocenters. The van der Waals surface area contributed by atoms with Gasteiger partial charge < -0.3 is 10.1 Å². The topological polar surface area (TPSA) is 38.3 Å². The molecule has 0 saturated carbocycles. The summed E-state index contributed by atoms with van der Waals surface area (Å²) in [5, 5.41) is 7.92. The minimum absolute atomic E-state index is 0. The number of nitrogens with one attached hydrogen (secondary N) is 1. The van der Waals surface area contributed by atoms with Crippen LogP contribution in [0.5, 0.6) is 0 Å².